The van der Waals surface area contributed by atoms with Gasteiger partial charge in [-0.25, -0.2) is 8.42 Å². The number of fused-ring (bicyclic) bond motifs is 1. The molecule has 0 aromatic heterocycles. The molecule has 1 N–H and O–H groups in total. The predicted octanol–water partition coefficient (Wildman–Crippen LogP) is 0.420. The Morgan fingerprint density at radius 1 is 1.29 bits per heavy atom. The molecule has 0 unspecified atom stereocenters. The standard InChI is InChI=1S/C12H11N3O4S2/c16-10-7-20-12(17)15(10)6-5-13-11-8-3-1-2-4-9(8)21(18,19)14-11/h1-4H,5-7H2,(H,13,14). The summed E-state index contributed by atoms with van der Waals surface area (Å²) in [6.45, 7) is 0.308. The van der Waals surface area contributed by atoms with Crippen LogP contribution in [0.2, 0.25) is 0 Å². The number of benzene rings is 1. The summed E-state index contributed by atoms with van der Waals surface area (Å²) < 4.78 is 26.1. The third kappa shape index (κ3) is 2.54. The van der Waals surface area contributed by atoms with Crippen LogP contribution in [0.5, 0.6) is 0 Å². The molecule has 2 amide bonds. The van der Waals surface area contributed by atoms with Gasteiger partial charge in [0, 0.05) is 12.1 Å². The highest BCUT2D eigenvalue weighted by Gasteiger charge is 2.31. The van der Waals surface area contributed by atoms with E-state index in [1.807, 2.05) is 0 Å². The zero-order chi connectivity index (χ0) is 15.0. The molecule has 1 fully saturated rings. The van der Waals surface area contributed by atoms with E-state index < -0.39 is 10.0 Å². The van der Waals surface area contributed by atoms with Crippen LogP contribution < -0.4 is 4.72 Å². The molecule has 0 aliphatic carbocycles. The van der Waals surface area contributed by atoms with Crippen LogP contribution in [0.25, 0.3) is 0 Å². The summed E-state index contributed by atoms with van der Waals surface area (Å²) in [4.78, 5) is 28.3. The maximum absolute atomic E-state index is 11.9. The molecule has 2 aliphatic rings. The van der Waals surface area contributed by atoms with Gasteiger partial charge in [0.15, 0.2) is 0 Å². The van der Waals surface area contributed by atoms with Crippen molar-refractivity contribution in [3.05, 3.63) is 29.8 Å². The van der Waals surface area contributed by atoms with Gasteiger partial charge in [0.25, 0.3) is 15.3 Å². The van der Waals surface area contributed by atoms with E-state index in [9.17, 15) is 18.0 Å². The number of nitrogens with zero attached hydrogens (tertiary/aromatic N) is 2. The monoisotopic (exact) mass is 325 g/mol. The van der Waals surface area contributed by atoms with Crippen molar-refractivity contribution >= 4 is 38.8 Å². The van der Waals surface area contributed by atoms with Crippen molar-refractivity contribution in [2.75, 3.05) is 18.8 Å². The third-order valence-electron chi connectivity index (χ3n) is 3.10. The molecule has 0 spiro atoms. The highest BCUT2D eigenvalue weighted by Crippen LogP contribution is 2.22. The topological polar surface area (TPSA) is 95.9 Å². The molecule has 1 aromatic carbocycles. The summed E-state index contributed by atoms with van der Waals surface area (Å²) in [5, 5.41) is -0.285. The Labute approximate surface area is 125 Å². The first kappa shape index (κ1) is 14.1. The SMILES string of the molecule is O=C1CSC(=O)N1CCN=C1NS(=O)(=O)c2ccccc21. The van der Waals surface area contributed by atoms with Crippen LogP contribution in [-0.2, 0) is 14.8 Å². The number of thioether (sulfide) groups is 1. The largest absolute Gasteiger partial charge is 0.288 e. The van der Waals surface area contributed by atoms with Gasteiger partial charge in [-0.05, 0) is 12.1 Å². The minimum absolute atomic E-state index is 0.151. The quantitative estimate of drug-likeness (QED) is 0.869. The molecular formula is C12H11N3O4S2. The molecule has 1 saturated heterocycles. The fourth-order valence-corrected chi connectivity index (χ4v) is 4.11. The minimum Gasteiger partial charge on any atom is -0.273 e. The normalized spacial score (nSPS) is 21.7. The minimum atomic E-state index is -3.56. The first-order valence-corrected chi connectivity index (χ1v) is 8.60. The number of rotatable bonds is 3. The molecule has 21 heavy (non-hydrogen) atoms. The van der Waals surface area contributed by atoms with E-state index in [4.69, 9.17) is 0 Å². The lowest BCUT2D eigenvalue weighted by molar-refractivity contribution is -0.124. The number of sulfonamides is 1. The van der Waals surface area contributed by atoms with Crippen LogP contribution >= 0.6 is 11.8 Å². The van der Waals surface area contributed by atoms with Crippen LogP contribution in [0.4, 0.5) is 4.79 Å². The van der Waals surface area contributed by atoms with Gasteiger partial charge in [0.2, 0.25) is 5.91 Å². The summed E-state index contributed by atoms with van der Waals surface area (Å²) in [5.41, 5.74) is 0.506. The first-order chi connectivity index (χ1) is 9.99. The number of hydrogen-bond acceptors (Lipinski definition) is 6. The molecule has 1 aromatic rings. The molecule has 0 atom stereocenters. The van der Waals surface area contributed by atoms with Gasteiger partial charge in [0.1, 0.15) is 5.84 Å². The summed E-state index contributed by atoms with van der Waals surface area (Å²) in [7, 11) is -3.56. The van der Waals surface area contributed by atoms with E-state index in [2.05, 4.69) is 9.71 Å². The van der Waals surface area contributed by atoms with E-state index in [0.29, 0.717) is 5.56 Å². The molecule has 3 rings (SSSR count). The fraction of sp³-hybridized carbons (Fsp3) is 0.250. The molecule has 7 nitrogen and oxygen atoms in total. The fourth-order valence-electron chi connectivity index (χ4n) is 2.11. The van der Waals surface area contributed by atoms with Crippen molar-refractivity contribution in [2.45, 2.75) is 4.90 Å². The number of nitrogens with one attached hydrogen (secondary N) is 1. The van der Waals surface area contributed by atoms with Crippen LogP contribution in [0.3, 0.4) is 0 Å². The lowest BCUT2D eigenvalue weighted by atomic mass is 10.2. The Balaban J connectivity index is 1.77. The van der Waals surface area contributed by atoms with Gasteiger partial charge in [-0.15, -0.1) is 0 Å². The van der Waals surface area contributed by atoms with Crippen molar-refractivity contribution in [3.8, 4) is 0 Å². The number of hydrogen-bond donors (Lipinski definition) is 1. The average Bonchev–Trinajstić information content (AvgIpc) is 2.90. The maximum atomic E-state index is 11.9. The zero-order valence-corrected chi connectivity index (χ0v) is 12.4. The summed E-state index contributed by atoms with van der Waals surface area (Å²) in [6, 6.07) is 6.53. The third-order valence-corrected chi connectivity index (χ3v) is 5.35. The Kier molecular flexibility index (Phi) is 3.46. The zero-order valence-electron chi connectivity index (χ0n) is 10.8. The first-order valence-electron chi connectivity index (χ1n) is 6.13. The van der Waals surface area contributed by atoms with Crippen molar-refractivity contribution < 1.29 is 18.0 Å². The molecule has 0 radical (unpaired) electrons. The van der Waals surface area contributed by atoms with Gasteiger partial charge < -0.3 is 0 Å². The number of amides is 2. The van der Waals surface area contributed by atoms with E-state index in [1.54, 1.807) is 18.2 Å². The second kappa shape index (κ2) is 5.15. The Morgan fingerprint density at radius 2 is 2.05 bits per heavy atom. The lowest BCUT2D eigenvalue weighted by Crippen LogP contribution is -2.31. The maximum Gasteiger partial charge on any atom is 0.288 e. The molecule has 9 heteroatoms. The van der Waals surface area contributed by atoms with E-state index in [0.717, 1.165) is 16.7 Å². The van der Waals surface area contributed by atoms with Gasteiger partial charge >= 0.3 is 0 Å². The summed E-state index contributed by atoms with van der Waals surface area (Å²) in [5.74, 6) is 0.167. The van der Waals surface area contributed by atoms with Gasteiger partial charge in [-0.3, -0.25) is 24.2 Å². The smallest absolute Gasteiger partial charge is 0.273 e. The van der Waals surface area contributed by atoms with Crippen molar-refractivity contribution in [2.24, 2.45) is 4.99 Å². The summed E-state index contributed by atoms with van der Waals surface area (Å²) >= 11 is 0.962. The Morgan fingerprint density at radius 3 is 2.76 bits per heavy atom. The van der Waals surface area contributed by atoms with Crippen LogP contribution in [0.15, 0.2) is 34.2 Å². The Bertz CT molecular complexity index is 742. The van der Waals surface area contributed by atoms with Crippen molar-refractivity contribution in [1.29, 1.82) is 0 Å². The molecule has 2 heterocycles. The number of amidine groups is 1. The van der Waals surface area contributed by atoms with Crippen LogP contribution in [0, 0.1) is 0 Å². The van der Waals surface area contributed by atoms with E-state index in [1.165, 1.54) is 6.07 Å². The van der Waals surface area contributed by atoms with Crippen molar-refractivity contribution in [1.82, 2.24) is 9.62 Å². The van der Waals surface area contributed by atoms with Gasteiger partial charge in [0.05, 0.1) is 17.2 Å². The van der Waals surface area contributed by atoms with Crippen LogP contribution in [-0.4, -0.2) is 49.1 Å². The molecule has 2 aliphatic heterocycles. The highest BCUT2D eigenvalue weighted by molar-refractivity contribution is 8.14. The van der Waals surface area contributed by atoms with Crippen molar-refractivity contribution in [3.63, 3.8) is 0 Å². The van der Waals surface area contributed by atoms with E-state index in [-0.39, 0.29) is 40.7 Å². The predicted molar refractivity (Wildman–Crippen MR) is 77.7 cm³/mol. The highest BCUT2D eigenvalue weighted by atomic mass is 32.2. The molecular weight excluding hydrogens is 314 g/mol. The molecule has 110 valence electrons. The second-order valence-electron chi connectivity index (χ2n) is 4.43. The molecule has 0 bridgehead atoms. The number of carbonyl (C=O) groups excluding carboxylic acids is 2. The lowest BCUT2D eigenvalue weighted by Gasteiger charge is -2.10. The average molecular weight is 325 g/mol. The Hall–Kier alpha value is -1.87. The number of aliphatic imine (C=N–C) groups is 1. The van der Waals surface area contributed by atoms with Gasteiger partial charge in [-0.1, -0.05) is 23.9 Å². The van der Waals surface area contributed by atoms with Gasteiger partial charge in [-0.2, -0.15) is 0 Å². The summed E-state index contributed by atoms with van der Waals surface area (Å²) in [6.07, 6.45) is 0. The number of carbonyl (C=O) groups is 2. The van der Waals surface area contributed by atoms with E-state index >= 15 is 0 Å². The van der Waals surface area contributed by atoms with Crippen LogP contribution in [0.1, 0.15) is 5.56 Å². The second-order valence-corrected chi connectivity index (χ2v) is 7.01. The molecule has 0 saturated carbocycles. The number of imide groups is 1.